The van der Waals surface area contributed by atoms with Crippen molar-refractivity contribution in [2.24, 2.45) is 5.41 Å². The number of aliphatic hydroxyl groups is 1. The molecule has 1 amide bonds. The van der Waals surface area contributed by atoms with Crippen molar-refractivity contribution < 1.29 is 24.2 Å². The highest BCUT2D eigenvalue weighted by atomic mass is 19.1. The van der Waals surface area contributed by atoms with Crippen LogP contribution in [0.5, 0.6) is 5.75 Å². The fourth-order valence-electron chi connectivity index (χ4n) is 4.99. The van der Waals surface area contributed by atoms with Crippen molar-refractivity contribution in [2.45, 2.75) is 64.6 Å². The average molecular weight is 442 g/mol. The highest BCUT2D eigenvalue weighted by Crippen LogP contribution is 2.49. The Bertz CT molecular complexity index is 1170. The average Bonchev–Trinajstić information content (AvgIpc) is 2.90. The number of rotatable bonds is 3. The summed E-state index contributed by atoms with van der Waals surface area (Å²) in [6.07, 6.45) is 4.49. The number of aryl methyl sites for hydroxylation is 1. The number of aromatic nitrogens is 1. The molecule has 4 rings (SSSR count). The molecule has 0 saturated heterocycles. The second-order valence-corrected chi connectivity index (χ2v) is 9.18. The fraction of sp³-hybridized carbons (Fsp3) is 0.458. The van der Waals surface area contributed by atoms with Crippen molar-refractivity contribution in [3.05, 3.63) is 62.8 Å². The molecule has 170 valence electrons. The van der Waals surface area contributed by atoms with Crippen LogP contribution in [0.1, 0.15) is 71.0 Å². The van der Waals surface area contributed by atoms with Crippen LogP contribution in [0.2, 0.25) is 0 Å². The van der Waals surface area contributed by atoms with Crippen molar-refractivity contribution >= 4 is 11.7 Å². The lowest BCUT2D eigenvalue weighted by Gasteiger charge is -2.47. The van der Waals surface area contributed by atoms with Gasteiger partial charge in [-0.2, -0.15) is 0 Å². The Labute approximate surface area is 184 Å². The molecular formula is C24H27FN2O5. The van der Waals surface area contributed by atoms with Gasteiger partial charge in [-0.05, 0) is 32.3 Å². The van der Waals surface area contributed by atoms with Crippen LogP contribution in [0.3, 0.4) is 0 Å². The minimum absolute atomic E-state index is 0.00873. The van der Waals surface area contributed by atoms with E-state index in [1.54, 1.807) is 26.0 Å². The maximum atomic E-state index is 14.2. The molecule has 1 saturated carbocycles. The lowest BCUT2D eigenvalue weighted by Crippen LogP contribution is -2.58. The normalized spacial score (nSPS) is 24.9. The standard InChI is InChI=1S/C24H27FN2O5/c1-14-7-6-8-15(17(14)25)11-26-22(31)16-12-27-13-24(32)10-5-3-4-9-23(24,2)21(30)18(27)20(29)19(16)28/h6-8,12,29,32H,3-5,9-11,13H2,1-2H3,(H,26,31). The van der Waals surface area contributed by atoms with Gasteiger partial charge in [-0.3, -0.25) is 14.4 Å². The summed E-state index contributed by atoms with van der Waals surface area (Å²) in [5.74, 6) is -2.53. The Morgan fingerprint density at radius 1 is 1.22 bits per heavy atom. The molecule has 2 atom stereocenters. The first-order valence-corrected chi connectivity index (χ1v) is 10.8. The molecule has 32 heavy (non-hydrogen) atoms. The van der Waals surface area contributed by atoms with Crippen molar-refractivity contribution in [1.29, 1.82) is 0 Å². The van der Waals surface area contributed by atoms with Gasteiger partial charge in [0, 0.05) is 18.3 Å². The van der Waals surface area contributed by atoms with Gasteiger partial charge in [0.2, 0.25) is 5.43 Å². The Morgan fingerprint density at radius 3 is 2.69 bits per heavy atom. The van der Waals surface area contributed by atoms with E-state index in [0.717, 1.165) is 19.3 Å². The predicted molar refractivity (Wildman–Crippen MR) is 115 cm³/mol. The molecule has 2 unspecified atom stereocenters. The summed E-state index contributed by atoms with van der Waals surface area (Å²) in [5, 5.41) is 24.5. The molecule has 8 heteroatoms. The first kappa shape index (κ1) is 22.2. The van der Waals surface area contributed by atoms with E-state index in [2.05, 4.69) is 5.32 Å². The molecule has 2 aromatic rings. The Morgan fingerprint density at radius 2 is 1.94 bits per heavy atom. The summed E-state index contributed by atoms with van der Waals surface area (Å²) in [5.41, 5.74) is -3.26. The maximum absolute atomic E-state index is 14.2. The maximum Gasteiger partial charge on any atom is 0.257 e. The topological polar surface area (TPSA) is 109 Å². The molecule has 7 nitrogen and oxygen atoms in total. The number of carbonyl (C=O) groups excluding carboxylic acids is 2. The second kappa shape index (κ2) is 7.85. The van der Waals surface area contributed by atoms with Crippen LogP contribution in [-0.2, 0) is 13.1 Å². The monoisotopic (exact) mass is 442 g/mol. The summed E-state index contributed by atoms with van der Waals surface area (Å²) in [7, 11) is 0. The number of Topliss-reactive ketones (excluding diaryl/α,β-unsaturated/α-hetero) is 1. The number of carbonyl (C=O) groups is 2. The van der Waals surface area contributed by atoms with Gasteiger partial charge in [-0.15, -0.1) is 0 Å². The molecule has 0 radical (unpaired) electrons. The number of fused-ring (bicyclic) bond motifs is 2. The summed E-state index contributed by atoms with van der Waals surface area (Å²) in [6.45, 7) is 3.14. The number of nitrogens with one attached hydrogen (secondary N) is 1. The van der Waals surface area contributed by atoms with Crippen LogP contribution < -0.4 is 10.7 Å². The van der Waals surface area contributed by atoms with E-state index in [0.29, 0.717) is 18.4 Å². The van der Waals surface area contributed by atoms with Crippen molar-refractivity contribution in [1.82, 2.24) is 9.88 Å². The molecule has 1 aliphatic carbocycles. The summed E-state index contributed by atoms with van der Waals surface area (Å²) in [6, 6.07) is 4.80. The third-order valence-corrected chi connectivity index (χ3v) is 7.15. The number of ketones is 1. The van der Waals surface area contributed by atoms with E-state index in [1.165, 1.54) is 16.8 Å². The molecule has 1 aromatic carbocycles. The molecule has 1 aromatic heterocycles. The molecule has 0 spiro atoms. The molecular weight excluding hydrogens is 415 g/mol. The van der Waals surface area contributed by atoms with Gasteiger partial charge in [0.25, 0.3) is 5.91 Å². The number of nitrogens with zero attached hydrogens (tertiary/aromatic N) is 1. The predicted octanol–water partition coefficient (Wildman–Crippen LogP) is 2.83. The quantitative estimate of drug-likeness (QED) is 0.677. The molecule has 3 N–H and O–H groups in total. The number of pyridine rings is 1. The second-order valence-electron chi connectivity index (χ2n) is 9.18. The molecule has 1 fully saturated rings. The van der Waals surface area contributed by atoms with Crippen molar-refractivity contribution in [3.8, 4) is 5.75 Å². The zero-order valence-electron chi connectivity index (χ0n) is 18.2. The molecule has 0 bridgehead atoms. The van der Waals surface area contributed by atoms with E-state index >= 15 is 0 Å². The van der Waals surface area contributed by atoms with E-state index in [1.807, 2.05) is 0 Å². The lowest BCUT2D eigenvalue weighted by molar-refractivity contribution is -0.0832. The lowest BCUT2D eigenvalue weighted by atomic mass is 9.64. The van der Waals surface area contributed by atoms with Crippen LogP contribution in [0.4, 0.5) is 4.39 Å². The van der Waals surface area contributed by atoms with Gasteiger partial charge in [-0.25, -0.2) is 4.39 Å². The van der Waals surface area contributed by atoms with Crippen LogP contribution in [0, 0.1) is 18.2 Å². The zero-order valence-corrected chi connectivity index (χ0v) is 18.2. The third-order valence-electron chi connectivity index (χ3n) is 7.15. The number of amides is 1. The molecule has 2 aliphatic rings. The summed E-state index contributed by atoms with van der Waals surface area (Å²) < 4.78 is 15.5. The van der Waals surface area contributed by atoms with E-state index in [9.17, 15) is 29.0 Å². The largest absolute Gasteiger partial charge is 0.503 e. The van der Waals surface area contributed by atoms with Crippen LogP contribution in [0.15, 0.2) is 29.2 Å². The van der Waals surface area contributed by atoms with Gasteiger partial charge in [-0.1, -0.05) is 37.5 Å². The van der Waals surface area contributed by atoms with Crippen LogP contribution in [-0.4, -0.2) is 32.1 Å². The third kappa shape index (κ3) is 3.33. The fourth-order valence-corrected chi connectivity index (χ4v) is 4.99. The smallest absolute Gasteiger partial charge is 0.257 e. The van der Waals surface area contributed by atoms with E-state index < -0.39 is 39.7 Å². The van der Waals surface area contributed by atoms with Gasteiger partial charge in [0.15, 0.2) is 11.5 Å². The SMILES string of the molecule is Cc1cccc(CNC(=O)c2cn3c(c(O)c2=O)C(=O)C2(C)CCCCCC2(O)C3)c1F. The van der Waals surface area contributed by atoms with Crippen LogP contribution in [0.25, 0.3) is 0 Å². The summed E-state index contributed by atoms with van der Waals surface area (Å²) >= 11 is 0. The van der Waals surface area contributed by atoms with Crippen molar-refractivity contribution in [2.75, 3.05) is 0 Å². The zero-order chi connectivity index (χ0) is 23.3. The van der Waals surface area contributed by atoms with E-state index in [4.69, 9.17) is 0 Å². The highest BCUT2D eigenvalue weighted by molar-refractivity contribution is 6.04. The first-order valence-electron chi connectivity index (χ1n) is 10.8. The number of aromatic hydroxyl groups is 1. The van der Waals surface area contributed by atoms with Gasteiger partial charge in [0.1, 0.15) is 17.1 Å². The Hall–Kier alpha value is -3.00. The summed E-state index contributed by atoms with van der Waals surface area (Å²) in [4.78, 5) is 38.8. The number of hydrogen-bond donors (Lipinski definition) is 3. The minimum atomic E-state index is -1.34. The molecule has 2 heterocycles. The number of hydrogen-bond acceptors (Lipinski definition) is 5. The Balaban J connectivity index is 1.69. The van der Waals surface area contributed by atoms with Gasteiger partial charge in [0.05, 0.1) is 17.6 Å². The van der Waals surface area contributed by atoms with Gasteiger partial charge >= 0.3 is 0 Å². The minimum Gasteiger partial charge on any atom is -0.503 e. The number of benzene rings is 1. The van der Waals surface area contributed by atoms with E-state index in [-0.39, 0.29) is 29.9 Å². The van der Waals surface area contributed by atoms with Crippen LogP contribution >= 0.6 is 0 Å². The number of halogens is 1. The molecule has 1 aliphatic heterocycles. The Kier molecular flexibility index (Phi) is 5.45. The highest BCUT2D eigenvalue weighted by Gasteiger charge is 2.56. The van der Waals surface area contributed by atoms with Gasteiger partial charge < -0.3 is 20.1 Å². The van der Waals surface area contributed by atoms with Crippen molar-refractivity contribution in [3.63, 3.8) is 0 Å². The first-order chi connectivity index (χ1) is 15.1.